The summed E-state index contributed by atoms with van der Waals surface area (Å²) in [6.45, 7) is 6.55. The Bertz CT molecular complexity index is 322. The van der Waals surface area contributed by atoms with Gasteiger partial charge in [-0.2, -0.15) is 0 Å². The second-order valence-electron chi connectivity index (χ2n) is 4.07. The maximum absolute atomic E-state index is 9.11. The summed E-state index contributed by atoms with van der Waals surface area (Å²) in [5.74, 6) is 0.626. The Morgan fingerprint density at radius 3 is 2.94 bits per heavy atom. The summed E-state index contributed by atoms with van der Waals surface area (Å²) in [4.78, 5) is 2.36. The van der Waals surface area contributed by atoms with E-state index in [2.05, 4.69) is 22.0 Å². The van der Waals surface area contributed by atoms with Gasteiger partial charge in [-0.25, -0.2) is 0 Å². The summed E-state index contributed by atoms with van der Waals surface area (Å²) in [5.41, 5.74) is 0. The molecular weight excluding hydrogens is 208 g/mol. The van der Waals surface area contributed by atoms with E-state index in [1.165, 1.54) is 0 Å². The molecule has 1 aliphatic heterocycles. The maximum atomic E-state index is 9.11. The quantitative estimate of drug-likeness (QED) is 0.761. The van der Waals surface area contributed by atoms with Gasteiger partial charge in [0.2, 0.25) is 0 Å². The standard InChI is InChI=1S/C10H18N4O2/c1-9(6-13-2-4-16-5-3-13)14-8-11-12-10(14)7-15/h8-9,15H,2-7H2,1H3. The van der Waals surface area contributed by atoms with Crippen molar-refractivity contribution in [2.24, 2.45) is 0 Å². The molecule has 2 rings (SSSR count). The Morgan fingerprint density at radius 2 is 2.25 bits per heavy atom. The predicted molar refractivity (Wildman–Crippen MR) is 57.9 cm³/mol. The first-order valence-electron chi connectivity index (χ1n) is 5.60. The van der Waals surface area contributed by atoms with Crippen LogP contribution in [0.3, 0.4) is 0 Å². The molecule has 0 aliphatic carbocycles. The summed E-state index contributed by atoms with van der Waals surface area (Å²) < 4.78 is 7.23. The van der Waals surface area contributed by atoms with Crippen LogP contribution in [0.15, 0.2) is 6.33 Å². The molecule has 0 amide bonds. The van der Waals surface area contributed by atoms with E-state index < -0.39 is 0 Å². The second kappa shape index (κ2) is 5.38. The zero-order valence-electron chi connectivity index (χ0n) is 9.54. The van der Waals surface area contributed by atoms with E-state index in [4.69, 9.17) is 9.84 Å². The molecule has 1 saturated heterocycles. The number of aliphatic hydroxyl groups is 1. The van der Waals surface area contributed by atoms with Gasteiger partial charge >= 0.3 is 0 Å². The van der Waals surface area contributed by atoms with Gasteiger partial charge in [0.15, 0.2) is 5.82 Å². The fraction of sp³-hybridized carbons (Fsp3) is 0.800. The Kier molecular flexibility index (Phi) is 3.87. The Labute approximate surface area is 94.8 Å². The topological polar surface area (TPSA) is 63.4 Å². The molecule has 90 valence electrons. The lowest BCUT2D eigenvalue weighted by Gasteiger charge is -2.29. The van der Waals surface area contributed by atoms with Gasteiger partial charge in [0.25, 0.3) is 0 Å². The molecule has 6 heteroatoms. The van der Waals surface area contributed by atoms with E-state index in [1.54, 1.807) is 6.33 Å². The van der Waals surface area contributed by atoms with Gasteiger partial charge in [-0.15, -0.1) is 10.2 Å². The molecule has 1 aromatic rings. The van der Waals surface area contributed by atoms with Crippen molar-refractivity contribution in [2.75, 3.05) is 32.8 Å². The van der Waals surface area contributed by atoms with E-state index in [9.17, 15) is 0 Å². The van der Waals surface area contributed by atoms with Gasteiger partial charge in [0.05, 0.1) is 13.2 Å². The molecule has 6 nitrogen and oxygen atoms in total. The van der Waals surface area contributed by atoms with Crippen molar-refractivity contribution in [1.82, 2.24) is 19.7 Å². The molecule has 2 heterocycles. The van der Waals surface area contributed by atoms with Crippen LogP contribution in [0, 0.1) is 0 Å². The number of ether oxygens (including phenoxy) is 1. The Balaban J connectivity index is 1.93. The van der Waals surface area contributed by atoms with Crippen molar-refractivity contribution in [1.29, 1.82) is 0 Å². The minimum absolute atomic E-state index is 0.0621. The molecule has 1 unspecified atom stereocenters. The summed E-state index contributed by atoms with van der Waals surface area (Å²) >= 11 is 0. The van der Waals surface area contributed by atoms with Crippen LogP contribution in [-0.4, -0.2) is 57.6 Å². The Hall–Kier alpha value is -0.980. The van der Waals surface area contributed by atoms with Gasteiger partial charge in [-0.1, -0.05) is 0 Å². The third-order valence-corrected chi connectivity index (χ3v) is 2.89. The lowest BCUT2D eigenvalue weighted by molar-refractivity contribution is 0.0322. The zero-order valence-corrected chi connectivity index (χ0v) is 9.54. The van der Waals surface area contributed by atoms with Gasteiger partial charge in [-0.05, 0) is 6.92 Å². The fourth-order valence-electron chi connectivity index (χ4n) is 1.99. The van der Waals surface area contributed by atoms with Crippen LogP contribution in [0.2, 0.25) is 0 Å². The van der Waals surface area contributed by atoms with E-state index in [1.807, 2.05) is 4.57 Å². The van der Waals surface area contributed by atoms with Gasteiger partial charge in [0.1, 0.15) is 12.9 Å². The smallest absolute Gasteiger partial charge is 0.158 e. The third kappa shape index (κ3) is 2.58. The zero-order chi connectivity index (χ0) is 11.4. The molecule has 0 saturated carbocycles. The average molecular weight is 226 g/mol. The van der Waals surface area contributed by atoms with Crippen molar-refractivity contribution < 1.29 is 9.84 Å². The second-order valence-corrected chi connectivity index (χ2v) is 4.07. The summed E-state index contributed by atoms with van der Waals surface area (Å²) in [6.07, 6.45) is 1.68. The minimum Gasteiger partial charge on any atom is -0.388 e. The SMILES string of the molecule is CC(CN1CCOCC1)n1cnnc1CO. The predicted octanol–water partition coefficient (Wildman–Crippen LogP) is -0.336. The number of aromatic nitrogens is 3. The average Bonchev–Trinajstić information content (AvgIpc) is 2.78. The van der Waals surface area contributed by atoms with E-state index in [-0.39, 0.29) is 12.6 Å². The fourth-order valence-corrected chi connectivity index (χ4v) is 1.99. The molecule has 1 fully saturated rings. The van der Waals surface area contributed by atoms with Crippen molar-refractivity contribution >= 4 is 0 Å². The van der Waals surface area contributed by atoms with Crippen LogP contribution in [0.4, 0.5) is 0 Å². The molecular formula is C10H18N4O2. The molecule has 1 atom stereocenters. The molecule has 1 aliphatic rings. The van der Waals surface area contributed by atoms with E-state index in [0.29, 0.717) is 5.82 Å². The monoisotopic (exact) mass is 226 g/mol. The molecule has 1 aromatic heterocycles. The van der Waals surface area contributed by atoms with Crippen LogP contribution in [0.25, 0.3) is 0 Å². The Morgan fingerprint density at radius 1 is 1.50 bits per heavy atom. The third-order valence-electron chi connectivity index (χ3n) is 2.89. The van der Waals surface area contributed by atoms with E-state index >= 15 is 0 Å². The summed E-state index contributed by atoms with van der Waals surface area (Å²) in [5, 5.41) is 16.8. The highest BCUT2D eigenvalue weighted by Gasteiger charge is 2.16. The number of hydrogen-bond donors (Lipinski definition) is 1. The van der Waals surface area contributed by atoms with Crippen LogP contribution in [0.5, 0.6) is 0 Å². The van der Waals surface area contributed by atoms with Crippen molar-refractivity contribution in [3.63, 3.8) is 0 Å². The van der Waals surface area contributed by atoms with Crippen LogP contribution >= 0.6 is 0 Å². The lowest BCUT2D eigenvalue weighted by atomic mass is 10.3. The van der Waals surface area contributed by atoms with E-state index in [0.717, 1.165) is 32.8 Å². The number of hydrogen-bond acceptors (Lipinski definition) is 5. The highest BCUT2D eigenvalue weighted by atomic mass is 16.5. The molecule has 0 bridgehead atoms. The van der Waals surface area contributed by atoms with Gasteiger partial charge in [0, 0.05) is 25.7 Å². The number of morpholine rings is 1. The highest BCUT2D eigenvalue weighted by Crippen LogP contribution is 2.11. The first-order chi connectivity index (χ1) is 7.81. The van der Waals surface area contributed by atoms with Gasteiger partial charge < -0.3 is 14.4 Å². The number of nitrogens with zero attached hydrogens (tertiary/aromatic N) is 4. The summed E-state index contributed by atoms with van der Waals surface area (Å²) in [7, 11) is 0. The number of rotatable bonds is 4. The van der Waals surface area contributed by atoms with Crippen molar-refractivity contribution in [2.45, 2.75) is 19.6 Å². The molecule has 16 heavy (non-hydrogen) atoms. The molecule has 0 aromatic carbocycles. The van der Waals surface area contributed by atoms with Crippen molar-refractivity contribution in [3.8, 4) is 0 Å². The van der Waals surface area contributed by atoms with Crippen molar-refractivity contribution in [3.05, 3.63) is 12.2 Å². The first-order valence-corrected chi connectivity index (χ1v) is 5.60. The summed E-state index contributed by atoms with van der Waals surface area (Å²) in [6, 6.07) is 0.273. The van der Waals surface area contributed by atoms with Gasteiger partial charge in [-0.3, -0.25) is 4.90 Å². The minimum atomic E-state index is -0.0621. The molecule has 0 spiro atoms. The van der Waals surface area contributed by atoms with Crippen LogP contribution < -0.4 is 0 Å². The normalized spacial score (nSPS) is 19.9. The maximum Gasteiger partial charge on any atom is 0.158 e. The number of aliphatic hydroxyl groups excluding tert-OH is 1. The highest BCUT2D eigenvalue weighted by molar-refractivity contribution is 4.87. The largest absolute Gasteiger partial charge is 0.388 e. The van der Waals surface area contributed by atoms with Crippen LogP contribution in [-0.2, 0) is 11.3 Å². The lowest BCUT2D eigenvalue weighted by Crippen LogP contribution is -2.39. The molecule has 1 N–H and O–H groups in total. The van der Waals surface area contributed by atoms with Crippen LogP contribution in [0.1, 0.15) is 18.8 Å². The molecule has 0 radical (unpaired) electrons. The first kappa shape index (κ1) is 11.5.